The van der Waals surface area contributed by atoms with Crippen molar-refractivity contribution < 1.29 is 5.11 Å². The number of hydrogen-bond acceptors (Lipinski definition) is 2. The molecule has 0 aromatic heterocycles. The molecule has 7 heteroatoms. The van der Waals surface area contributed by atoms with E-state index in [2.05, 4.69) is 24.2 Å². The zero-order valence-corrected chi connectivity index (χ0v) is 18.3. The fourth-order valence-electron chi connectivity index (χ4n) is 2.59. The van der Waals surface area contributed by atoms with Crippen LogP contribution in [-0.2, 0) is 0 Å². The molecule has 4 nitrogen and oxygen atoms in total. The van der Waals surface area contributed by atoms with Crippen molar-refractivity contribution in [2.75, 3.05) is 13.2 Å². The zero-order chi connectivity index (χ0) is 17.5. The van der Waals surface area contributed by atoms with Crippen LogP contribution in [0.15, 0.2) is 23.2 Å². The van der Waals surface area contributed by atoms with Crippen molar-refractivity contribution >= 4 is 53.1 Å². The van der Waals surface area contributed by atoms with Crippen LogP contribution in [0.3, 0.4) is 0 Å². The largest absolute Gasteiger partial charge is 0.396 e. The molecule has 0 heterocycles. The average Bonchev–Trinajstić information content (AvgIpc) is 2.51. The van der Waals surface area contributed by atoms with Crippen LogP contribution in [0.1, 0.15) is 51.6 Å². The molecule has 0 amide bonds. The molecule has 0 spiro atoms. The van der Waals surface area contributed by atoms with Crippen molar-refractivity contribution in [3.8, 4) is 0 Å². The van der Waals surface area contributed by atoms with Gasteiger partial charge in [-0.15, -0.1) is 24.0 Å². The normalized spacial score (nSPS) is 13.3. The highest BCUT2D eigenvalue weighted by atomic mass is 127. The van der Waals surface area contributed by atoms with Crippen LogP contribution < -0.4 is 11.1 Å². The average molecular weight is 488 g/mol. The predicted octanol–water partition coefficient (Wildman–Crippen LogP) is 4.77. The Bertz CT molecular complexity index is 537. The molecule has 1 unspecified atom stereocenters. The molecular weight excluding hydrogens is 460 g/mol. The van der Waals surface area contributed by atoms with Gasteiger partial charge in [0.05, 0.1) is 6.04 Å². The fraction of sp³-hybridized carbons (Fsp3) is 0.588. The summed E-state index contributed by atoms with van der Waals surface area (Å²) in [5, 5.41) is 13.6. The number of aliphatic imine (C=N–C) groups is 1. The van der Waals surface area contributed by atoms with Gasteiger partial charge in [0, 0.05) is 23.2 Å². The quantitative estimate of drug-likeness (QED) is 0.281. The van der Waals surface area contributed by atoms with Gasteiger partial charge in [-0.25, -0.2) is 0 Å². The topological polar surface area (TPSA) is 70.6 Å². The van der Waals surface area contributed by atoms with E-state index in [0.29, 0.717) is 22.5 Å². The monoisotopic (exact) mass is 487 g/mol. The molecule has 0 saturated carbocycles. The molecule has 0 bridgehead atoms. The highest BCUT2D eigenvalue weighted by Gasteiger charge is 2.25. The van der Waals surface area contributed by atoms with E-state index in [-0.39, 0.29) is 42.0 Å². The van der Waals surface area contributed by atoms with Crippen LogP contribution in [-0.4, -0.2) is 24.2 Å². The van der Waals surface area contributed by atoms with Crippen molar-refractivity contribution in [3.05, 3.63) is 33.8 Å². The minimum absolute atomic E-state index is 0. The number of aliphatic hydroxyl groups is 1. The first-order valence-electron chi connectivity index (χ1n) is 7.99. The third-order valence-corrected chi connectivity index (χ3v) is 5.08. The highest BCUT2D eigenvalue weighted by molar-refractivity contribution is 14.0. The van der Waals surface area contributed by atoms with E-state index in [1.807, 2.05) is 13.0 Å². The van der Waals surface area contributed by atoms with Crippen LogP contribution in [0.5, 0.6) is 0 Å². The Morgan fingerprint density at radius 3 is 2.46 bits per heavy atom. The van der Waals surface area contributed by atoms with E-state index < -0.39 is 0 Å². The smallest absolute Gasteiger partial charge is 0.189 e. The van der Waals surface area contributed by atoms with Crippen LogP contribution in [0.4, 0.5) is 0 Å². The van der Waals surface area contributed by atoms with Gasteiger partial charge in [0.25, 0.3) is 0 Å². The third-order valence-electron chi connectivity index (χ3n) is 4.52. The Labute approximate surface area is 172 Å². The highest BCUT2D eigenvalue weighted by Crippen LogP contribution is 2.30. The lowest BCUT2D eigenvalue weighted by Gasteiger charge is -2.29. The Morgan fingerprint density at radius 1 is 1.33 bits per heavy atom. The Kier molecular flexibility index (Phi) is 11.3. The number of aliphatic hydroxyl groups excluding tert-OH is 1. The Balaban J connectivity index is 0.00000529. The molecule has 1 aromatic carbocycles. The molecule has 0 aliphatic rings. The summed E-state index contributed by atoms with van der Waals surface area (Å²) < 4.78 is 0. The minimum atomic E-state index is -0.0704. The number of benzene rings is 1. The van der Waals surface area contributed by atoms with Crippen LogP contribution in [0.2, 0.25) is 10.0 Å². The summed E-state index contributed by atoms with van der Waals surface area (Å²) in [7, 11) is 0. The van der Waals surface area contributed by atoms with E-state index in [0.717, 1.165) is 24.8 Å². The zero-order valence-electron chi connectivity index (χ0n) is 14.5. The predicted molar refractivity (Wildman–Crippen MR) is 115 cm³/mol. The standard InChI is InChI=1S/C17H27Cl2N3O.HI/c1-4-17(5-2,8-9-23)11-21-16(20)22-12(3)14-7-6-13(18)10-15(14)19;/h6-7,10,12,23H,4-5,8-9,11H2,1-3H3,(H3,20,21,22);1H. The van der Waals surface area contributed by atoms with Gasteiger partial charge < -0.3 is 16.2 Å². The first-order chi connectivity index (χ1) is 10.9. The number of nitrogens with zero attached hydrogens (tertiary/aromatic N) is 1. The number of halogens is 3. The van der Waals surface area contributed by atoms with Gasteiger partial charge in [-0.2, -0.15) is 0 Å². The van der Waals surface area contributed by atoms with E-state index in [1.54, 1.807) is 12.1 Å². The first kappa shape index (κ1) is 23.8. The molecule has 138 valence electrons. The number of guanidine groups is 1. The van der Waals surface area contributed by atoms with E-state index in [4.69, 9.17) is 28.9 Å². The molecule has 0 saturated heterocycles. The van der Waals surface area contributed by atoms with Crippen LogP contribution in [0, 0.1) is 5.41 Å². The molecule has 1 atom stereocenters. The summed E-state index contributed by atoms with van der Waals surface area (Å²) in [5.74, 6) is 0.382. The number of hydrogen-bond donors (Lipinski definition) is 3. The molecule has 1 rings (SSSR count). The summed E-state index contributed by atoms with van der Waals surface area (Å²) in [6.45, 7) is 6.97. The molecule has 4 N–H and O–H groups in total. The second-order valence-corrected chi connectivity index (χ2v) is 6.76. The van der Waals surface area contributed by atoms with Crippen molar-refractivity contribution in [2.24, 2.45) is 16.1 Å². The van der Waals surface area contributed by atoms with Crippen molar-refractivity contribution in [1.82, 2.24) is 5.32 Å². The lowest BCUT2D eigenvalue weighted by Crippen LogP contribution is -2.35. The van der Waals surface area contributed by atoms with Gasteiger partial charge in [-0.1, -0.05) is 43.1 Å². The van der Waals surface area contributed by atoms with Gasteiger partial charge in [-0.3, -0.25) is 4.99 Å². The van der Waals surface area contributed by atoms with E-state index >= 15 is 0 Å². The lowest BCUT2D eigenvalue weighted by molar-refractivity contribution is 0.175. The maximum absolute atomic E-state index is 9.26. The van der Waals surface area contributed by atoms with Crippen LogP contribution in [0.25, 0.3) is 0 Å². The third kappa shape index (κ3) is 6.94. The van der Waals surface area contributed by atoms with Crippen LogP contribution >= 0.6 is 47.2 Å². The van der Waals surface area contributed by atoms with Gasteiger partial charge in [-0.05, 0) is 49.3 Å². The summed E-state index contributed by atoms with van der Waals surface area (Å²) in [6.07, 6.45) is 2.65. The first-order valence-corrected chi connectivity index (χ1v) is 8.75. The van der Waals surface area contributed by atoms with Crippen molar-refractivity contribution in [1.29, 1.82) is 0 Å². The number of rotatable bonds is 8. The minimum Gasteiger partial charge on any atom is -0.396 e. The summed E-state index contributed by atoms with van der Waals surface area (Å²) >= 11 is 12.1. The van der Waals surface area contributed by atoms with E-state index in [9.17, 15) is 5.11 Å². The lowest BCUT2D eigenvalue weighted by atomic mass is 9.79. The second kappa shape index (κ2) is 11.4. The molecule has 1 aromatic rings. The maximum atomic E-state index is 9.26. The molecule has 0 aliphatic heterocycles. The van der Waals surface area contributed by atoms with Gasteiger partial charge in [0.15, 0.2) is 5.96 Å². The van der Waals surface area contributed by atoms with Gasteiger partial charge >= 0.3 is 0 Å². The molecule has 0 aliphatic carbocycles. The van der Waals surface area contributed by atoms with Gasteiger partial charge in [0.1, 0.15) is 0 Å². The van der Waals surface area contributed by atoms with Crippen molar-refractivity contribution in [2.45, 2.75) is 46.1 Å². The Morgan fingerprint density at radius 2 is 1.96 bits per heavy atom. The van der Waals surface area contributed by atoms with Gasteiger partial charge in [0.2, 0.25) is 0 Å². The Hall–Kier alpha value is -0.240. The van der Waals surface area contributed by atoms with Crippen molar-refractivity contribution in [3.63, 3.8) is 0 Å². The maximum Gasteiger partial charge on any atom is 0.189 e. The second-order valence-electron chi connectivity index (χ2n) is 5.91. The fourth-order valence-corrected chi connectivity index (χ4v) is 3.17. The number of nitrogens with one attached hydrogen (secondary N) is 1. The SMILES string of the molecule is CCC(CC)(CCO)CN=C(N)NC(C)c1ccc(Cl)cc1Cl.I. The molecular formula is C17H28Cl2IN3O. The summed E-state index contributed by atoms with van der Waals surface area (Å²) in [4.78, 5) is 4.47. The summed E-state index contributed by atoms with van der Waals surface area (Å²) in [5.41, 5.74) is 6.93. The van der Waals surface area contributed by atoms with E-state index in [1.165, 1.54) is 0 Å². The number of nitrogens with two attached hydrogens (primary N) is 1. The molecule has 24 heavy (non-hydrogen) atoms. The summed E-state index contributed by atoms with van der Waals surface area (Å²) in [6, 6.07) is 5.32. The molecule has 0 fully saturated rings. The molecule has 0 radical (unpaired) electrons.